The monoisotopic (exact) mass is 203 g/mol. The molecule has 1 aliphatic rings. The summed E-state index contributed by atoms with van der Waals surface area (Å²) in [4.78, 5) is 13.0. The van der Waals surface area contributed by atoms with Crippen molar-refractivity contribution in [1.82, 2.24) is 4.90 Å². The van der Waals surface area contributed by atoms with Crippen molar-refractivity contribution < 1.29 is 9.53 Å². The van der Waals surface area contributed by atoms with E-state index < -0.39 is 0 Å². The van der Waals surface area contributed by atoms with Crippen LogP contribution in [0.4, 0.5) is 4.79 Å². The van der Waals surface area contributed by atoms with Crippen molar-refractivity contribution in [3.63, 3.8) is 0 Å². The first-order valence-corrected chi connectivity index (χ1v) is 5.12. The van der Waals surface area contributed by atoms with E-state index >= 15 is 0 Å². The van der Waals surface area contributed by atoms with Crippen LogP contribution < -0.4 is 0 Å². The number of cyclic esters (lactones) is 1. The highest BCUT2D eigenvalue weighted by Crippen LogP contribution is 2.22. The summed E-state index contributed by atoms with van der Waals surface area (Å²) in [5.41, 5.74) is -0.335. The van der Waals surface area contributed by atoms with Gasteiger partial charge in [0.2, 0.25) is 0 Å². The number of rotatable bonds is 3. The molecule has 0 aromatic heterocycles. The van der Waals surface area contributed by atoms with Crippen LogP contribution in [-0.2, 0) is 4.74 Å². The van der Waals surface area contributed by atoms with Crippen molar-refractivity contribution >= 4 is 18.7 Å². The Hall–Kier alpha value is -0.380. The minimum Gasteiger partial charge on any atom is -0.441 e. The Kier molecular flexibility index (Phi) is 3.11. The van der Waals surface area contributed by atoms with Gasteiger partial charge < -0.3 is 9.64 Å². The molecular weight excluding hydrogens is 186 g/mol. The predicted molar refractivity (Wildman–Crippen MR) is 55.2 cm³/mol. The minimum absolute atomic E-state index is 0.211. The zero-order chi connectivity index (χ0) is 10.1. The van der Waals surface area contributed by atoms with Gasteiger partial charge in [0, 0.05) is 11.8 Å². The van der Waals surface area contributed by atoms with Crippen LogP contribution in [0, 0.1) is 0 Å². The Morgan fingerprint density at radius 2 is 2.31 bits per heavy atom. The van der Waals surface area contributed by atoms with E-state index in [1.165, 1.54) is 0 Å². The highest BCUT2D eigenvalue weighted by molar-refractivity contribution is 7.81. The van der Waals surface area contributed by atoms with Gasteiger partial charge in [0.1, 0.15) is 5.60 Å². The number of carbonyl (C=O) groups is 1. The van der Waals surface area contributed by atoms with Crippen molar-refractivity contribution in [2.45, 2.75) is 38.0 Å². The van der Waals surface area contributed by atoms with Gasteiger partial charge in [0.15, 0.2) is 0 Å². The van der Waals surface area contributed by atoms with Crippen molar-refractivity contribution in [2.24, 2.45) is 0 Å². The molecule has 0 unspecified atom stereocenters. The van der Waals surface area contributed by atoms with Crippen molar-refractivity contribution in [3.05, 3.63) is 0 Å². The summed E-state index contributed by atoms with van der Waals surface area (Å²) in [5, 5.41) is 0.251. The number of thiol groups is 1. The summed E-state index contributed by atoms with van der Waals surface area (Å²) in [7, 11) is 0. The summed E-state index contributed by atoms with van der Waals surface area (Å²) in [6.07, 6.45) is 0.755. The molecule has 0 bridgehead atoms. The highest BCUT2D eigenvalue weighted by atomic mass is 32.1. The molecule has 1 atom stereocenters. The molecular formula is C9H17NO2S. The second-order valence-corrected chi connectivity index (χ2v) is 4.80. The molecule has 0 saturated carbocycles. The maximum Gasteiger partial charge on any atom is 0.410 e. The summed E-state index contributed by atoms with van der Waals surface area (Å²) < 4.78 is 5.16. The third-order valence-corrected chi connectivity index (χ3v) is 2.62. The molecule has 0 spiro atoms. The molecule has 0 aromatic carbocycles. The Morgan fingerprint density at radius 1 is 1.69 bits per heavy atom. The fourth-order valence-electron chi connectivity index (χ4n) is 1.38. The summed E-state index contributed by atoms with van der Waals surface area (Å²) in [6, 6.07) is 0. The van der Waals surface area contributed by atoms with Crippen LogP contribution in [0.25, 0.3) is 0 Å². The molecule has 0 radical (unpaired) electrons. The van der Waals surface area contributed by atoms with Gasteiger partial charge in [0.05, 0.1) is 6.54 Å². The van der Waals surface area contributed by atoms with Crippen molar-refractivity contribution in [2.75, 3.05) is 13.1 Å². The van der Waals surface area contributed by atoms with E-state index in [0.717, 1.165) is 6.42 Å². The van der Waals surface area contributed by atoms with Gasteiger partial charge in [-0.1, -0.05) is 6.92 Å². The third-order valence-electron chi connectivity index (χ3n) is 2.10. The van der Waals surface area contributed by atoms with Gasteiger partial charge in [-0.3, -0.25) is 0 Å². The molecule has 1 fully saturated rings. The predicted octanol–water partition coefficient (Wildman–Crippen LogP) is 1.93. The lowest BCUT2D eigenvalue weighted by molar-refractivity contribution is 0.0859. The topological polar surface area (TPSA) is 29.5 Å². The largest absolute Gasteiger partial charge is 0.441 e. The maximum atomic E-state index is 11.3. The standard InChI is InChI=1S/C9H17NO2S/c1-4-7(13)5-10-6-9(2,3)12-8(10)11/h7,13H,4-6H2,1-3H3/t7-/m0/s1. The van der Waals surface area contributed by atoms with E-state index in [2.05, 4.69) is 19.6 Å². The van der Waals surface area contributed by atoms with E-state index in [0.29, 0.717) is 13.1 Å². The van der Waals surface area contributed by atoms with Crippen LogP contribution in [0.2, 0.25) is 0 Å². The summed E-state index contributed by atoms with van der Waals surface area (Å²) in [5.74, 6) is 0. The second-order valence-electron chi connectivity index (χ2n) is 4.07. The number of amides is 1. The van der Waals surface area contributed by atoms with Crippen LogP contribution in [0.5, 0.6) is 0 Å². The first kappa shape index (κ1) is 10.7. The molecule has 1 rings (SSSR count). The lowest BCUT2D eigenvalue weighted by atomic mass is 10.1. The van der Waals surface area contributed by atoms with E-state index in [1.807, 2.05) is 13.8 Å². The SMILES string of the molecule is CC[C@H](S)CN1CC(C)(C)OC1=O. The molecule has 0 N–H and O–H groups in total. The summed E-state index contributed by atoms with van der Waals surface area (Å²) >= 11 is 4.35. The zero-order valence-electron chi connectivity index (χ0n) is 8.41. The molecule has 4 heteroatoms. The lowest BCUT2D eigenvalue weighted by Gasteiger charge is -2.18. The Bertz CT molecular complexity index is 206. The first-order chi connectivity index (χ1) is 5.94. The Labute approximate surface area is 84.8 Å². The second kappa shape index (κ2) is 3.78. The lowest BCUT2D eigenvalue weighted by Crippen LogP contribution is -2.33. The fraction of sp³-hybridized carbons (Fsp3) is 0.889. The Balaban J connectivity index is 2.49. The van der Waals surface area contributed by atoms with Gasteiger partial charge in [-0.05, 0) is 20.3 Å². The number of nitrogens with zero attached hydrogens (tertiary/aromatic N) is 1. The van der Waals surface area contributed by atoms with Crippen molar-refractivity contribution in [1.29, 1.82) is 0 Å². The zero-order valence-corrected chi connectivity index (χ0v) is 9.30. The van der Waals surface area contributed by atoms with Crippen LogP contribution in [0.3, 0.4) is 0 Å². The molecule has 0 aliphatic carbocycles. The Morgan fingerprint density at radius 3 is 2.69 bits per heavy atom. The van der Waals surface area contributed by atoms with Gasteiger partial charge in [-0.25, -0.2) is 4.79 Å². The molecule has 3 nitrogen and oxygen atoms in total. The summed E-state index contributed by atoms with van der Waals surface area (Å²) in [6.45, 7) is 7.25. The van der Waals surface area contributed by atoms with E-state index in [1.54, 1.807) is 4.90 Å². The maximum absolute atomic E-state index is 11.3. The van der Waals surface area contributed by atoms with Gasteiger partial charge >= 0.3 is 6.09 Å². The molecule has 13 heavy (non-hydrogen) atoms. The van der Waals surface area contributed by atoms with Gasteiger partial charge in [-0.15, -0.1) is 0 Å². The molecule has 76 valence electrons. The van der Waals surface area contributed by atoms with Crippen LogP contribution >= 0.6 is 12.6 Å². The molecule has 1 saturated heterocycles. The quantitative estimate of drug-likeness (QED) is 0.710. The molecule has 0 aromatic rings. The van der Waals surface area contributed by atoms with Crippen LogP contribution in [0.15, 0.2) is 0 Å². The molecule has 1 aliphatic heterocycles. The number of hydrogen-bond donors (Lipinski definition) is 1. The molecule has 1 heterocycles. The average molecular weight is 203 g/mol. The smallest absolute Gasteiger partial charge is 0.410 e. The van der Waals surface area contributed by atoms with Gasteiger partial charge in [-0.2, -0.15) is 12.6 Å². The minimum atomic E-state index is -0.335. The normalized spacial score (nSPS) is 23.1. The fourth-order valence-corrected chi connectivity index (χ4v) is 1.58. The van der Waals surface area contributed by atoms with Gasteiger partial charge in [0.25, 0.3) is 0 Å². The van der Waals surface area contributed by atoms with Crippen LogP contribution in [-0.4, -0.2) is 34.9 Å². The number of hydrogen-bond acceptors (Lipinski definition) is 3. The number of carbonyl (C=O) groups excluding carboxylic acids is 1. The number of ether oxygens (including phenoxy) is 1. The first-order valence-electron chi connectivity index (χ1n) is 4.60. The van der Waals surface area contributed by atoms with Crippen molar-refractivity contribution in [3.8, 4) is 0 Å². The van der Waals surface area contributed by atoms with Crippen LogP contribution in [0.1, 0.15) is 27.2 Å². The van der Waals surface area contributed by atoms with E-state index in [-0.39, 0.29) is 16.9 Å². The average Bonchev–Trinajstić information content (AvgIpc) is 2.24. The molecule has 1 amide bonds. The van der Waals surface area contributed by atoms with E-state index in [9.17, 15) is 4.79 Å². The van der Waals surface area contributed by atoms with E-state index in [4.69, 9.17) is 4.74 Å². The highest BCUT2D eigenvalue weighted by Gasteiger charge is 2.37. The third kappa shape index (κ3) is 2.79.